The van der Waals surface area contributed by atoms with E-state index in [9.17, 15) is 18.3 Å². The van der Waals surface area contributed by atoms with Crippen LogP contribution in [0, 0.1) is 0 Å². The van der Waals surface area contributed by atoms with Gasteiger partial charge in [-0.1, -0.05) is 54.1 Å². The quantitative estimate of drug-likeness (QED) is 0.457. The fourth-order valence-corrected chi connectivity index (χ4v) is 7.77. The molecule has 2 fully saturated rings. The van der Waals surface area contributed by atoms with Gasteiger partial charge in [0.2, 0.25) is 0 Å². The first kappa shape index (κ1) is 24.4. The van der Waals surface area contributed by atoms with Crippen LogP contribution < -0.4 is 4.72 Å². The molecule has 2 heterocycles. The van der Waals surface area contributed by atoms with Gasteiger partial charge in [-0.05, 0) is 41.8 Å². The summed E-state index contributed by atoms with van der Waals surface area (Å²) in [6.07, 6.45) is 0.172. The molecule has 2 aromatic carbocycles. The highest BCUT2D eigenvalue weighted by atomic mass is 35.5. The minimum Gasteiger partial charge on any atom is -0.480 e. The van der Waals surface area contributed by atoms with Crippen molar-refractivity contribution in [3.8, 4) is 10.4 Å². The van der Waals surface area contributed by atoms with Crippen molar-refractivity contribution in [1.82, 2.24) is 9.62 Å². The van der Waals surface area contributed by atoms with Gasteiger partial charge in [-0.15, -0.1) is 11.3 Å². The summed E-state index contributed by atoms with van der Waals surface area (Å²) in [5.74, 6) is -1.17. The Kier molecular flexibility index (Phi) is 6.50. The van der Waals surface area contributed by atoms with Crippen LogP contribution >= 0.6 is 22.9 Å². The zero-order valence-electron chi connectivity index (χ0n) is 18.8. The summed E-state index contributed by atoms with van der Waals surface area (Å²) in [5, 5.41) is 11.0. The Labute approximate surface area is 213 Å². The maximum atomic E-state index is 13.5. The minimum atomic E-state index is -4.10. The number of morpholine rings is 1. The number of hydrogen-bond acceptors (Lipinski definition) is 6. The van der Waals surface area contributed by atoms with Gasteiger partial charge >= 0.3 is 5.97 Å². The van der Waals surface area contributed by atoms with Gasteiger partial charge in [0.1, 0.15) is 9.75 Å². The van der Waals surface area contributed by atoms with Crippen molar-refractivity contribution in [3.63, 3.8) is 0 Å². The van der Waals surface area contributed by atoms with Gasteiger partial charge in [0.25, 0.3) is 10.0 Å². The fraction of sp³-hybridized carbons (Fsp3) is 0.320. The van der Waals surface area contributed by atoms with Crippen molar-refractivity contribution in [2.75, 3.05) is 32.8 Å². The van der Waals surface area contributed by atoms with E-state index in [2.05, 4.69) is 9.62 Å². The number of nitrogens with zero attached hydrogens (tertiary/aromatic N) is 1. The second-order valence-corrected chi connectivity index (χ2v) is 12.4. The average molecular weight is 533 g/mol. The molecule has 2 aliphatic rings. The van der Waals surface area contributed by atoms with Crippen LogP contribution in [0.3, 0.4) is 0 Å². The van der Waals surface area contributed by atoms with Gasteiger partial charge in [-0.2, -0.15) is 4.72 Å². The molecule has 2 N–H and O–H groups in total. The van der Waals surface area contributed by atoms with Crippen molar-refractivity contribution in [2.24, 2.45) is 0 Å². The van der Waals surface area contributed by atoms with Crippen molar-refractivity contribution in [3.05, 3.63) is 77.3 Å². The van der Waals surface area contributed by atoms with Crippen LogP contribution in [0.25, 0.3) is 10.4 Å². The third-order valence-electron chi connectivity index (χ3n) is 6.83. The molecular formula is C25H25ClN2O5S2. The first-order valence-corrected chi connectivity index (χ1v) is 13.9. The molecule has 1 saturated carbocycles. The maximum Gasteiger partial charge on any atom is 0.325 e. The van der Waals surface area contributed by atoms with Crippen LogP contribution in [0.5, 0.6) is 0 Å². The Bertz CT molecular complexity index is 1320. The Hall–Kier alpha value is -2.27. The Morgan fingerprint density at radius 2 is 1.74 bits per heavy atom. The molecule has 1 saturated heterocycles. The van der Waals surface area contributed by atoms with E-state index >= 15 is 0 Å². The molecule has 2 atom stereocenters. The highest BCUT2D eigenvalue weighted by molar-refractivity contribution is 7.91. The van der Waals surface area contributed by atoms with Crippen molar-refractivity contribution >= 4 is 38.9 Å². The number of carboxylic acids is 1. The lowest BCUT2D eigenvalue weighted by Crippen LogP contribution is -2.52. The number of sulfonamides is 1. The molecule has 0 unspecified atom stereocenters. The molecule has 5 rings (SSSR count). The zero-order valence-corrected chi connectivity index (χ0v) is 21.2. The molecule has 1 aromatic heterocycles. The molecular weight excluding hydrogens is 508 g/mol. The molecule has 35 heavy (non-hydrogen) atoms. The predicted molar refractivity (Wildman–Crippen MR) is 135 cm³/mol. The molecule has 184 valence electrons. The van der Waals surface area contributed by atoms with Gasteiger partial charge in [0.15, 0.2) is 0 Å². The molecule has 3 aromatic rings. The number of thiophene rings is 1. The standard InChI is InChI=1S/C25H25ClN2O5S2/c26-20-8-6-18(7-9-20)21-10-11-22(34-21)35(31,32)27-25(23(29)30)16-24(25,19-4-2-1-3-5-19)17-28-12-14-33-15-13-28/h1-11,27H,12-17H2,(H,29,30)/t24-,25+/m1/s1. The SMILES string of the molecule is O=C(O)[C@@]1(NS(=O)(=O)c2ccc(-c3ccc(Cl)cc3)s2)C[C@@]1(CN1CCOCC1)c1ccccc1. The molecule has 0 amide bonds. The van der Waals surface area contributed by atoms with E-state index in [1.807, 2.05) is 42.5 Å². The van der Waals surface area contributed by atoms with E-state index in [-0.39, 0.29) is 10.6 Å². The van der Waals surface area contributed by atoms with E-state index in [1.165, 1.54) is 6.07 Å². The predicted octanol–water partition coefficient (Wildman–Crippen LogP) is 3.84. The summed E-state index contributed by atoms with van der Waals surface area (Å²) in [7, 11) is -4.10. The number of nitrogens with one attached hydrogen (secondary N) is 1. The molecule has 7 nitrogen and oxygen atoms in total. The van der Waals surface area contributed by atoms with Crippen LogP contribution in [0.4, 0.5) is 0 Å². The molecule has 1 aliphatic carbocycles. The first-order valence-electron chi connectivity index (χ1n) is 11.2. The van der Waals surface area contributed by atoms with Crippen molar-refractivity contribution in [1.29, 1.82) is 0 Å². The smallest absolute Gasteiger partial charge is 0.325 e. The van der Waals surface area contributed by atoms with E-state index in [4.69, 9.17) is 16.3 Å². The summed E-state index contributed by atoms with van der Waals surface area (Å²) in [6.45, 7) is 2.91. The molecule has 0 radical (unpaired) electrons. The normalized spacial score (nSPS) is 24.8. The van der Waals surface area contributed by atoms with Gasteiger partial charge < -0.3 is 9.84 Å². The highest BCUT2D eigenvalue weighted by Gasteiger charge is 2.75. The van der Waals surface area contributed by atoms with E-state index < -0.39 is 26.9 Å². The number of carboxylic acid groups (broad SMARTS) is 1. The van der Waals surface area contributed by atoms with Crippen LogP contribution in [0.15, 0.2) is 70.9 Å². The van der Waals surface area contributed by atoms with Gasteiger partial charge in [-0.25, -0.2) is 8.42 Å². The molecule has 1 aliphatic heterocycles. The van der Waals surface area contributed by atoms with E-state index in [1.54, 1.807) is 18.2 Å². The Balaban J connectivity index is 1.48. The number of hydrogen-bond donors (Lipinski definition) is 2. The van der Waals surface area contributed by atoms with Crippen LogP contribution in [0.1, 0.15) is 12.0 Å². The van der Waals surface area contributed by atoms with Gasteiger partial charge in [-0.3, -0.25) is 9.69 Å². The topological polar surface area (TPSA) is 95.9 Å². The number of aliphatic carboxylic acids is 1. The average Bonchev–Trinajstić information content (AvgIpc) is 3.22. The molecule has 0 bridgehead atoms. The summed E-state index contributed by atoms with van der Waals surface area (Å²) in [6, 6.07) is 19.7. The van der Waals surface area contributed by atoms with Crippen molar-refractivity contribution in [2.45, 2.75) is 21.6 Å². The minimum absolute atomic E-state index is 0.0725. The number of carbonyl (C=O) groups is 1. The first-order chi connectivity index (χ1) is 16.8. The summed E-state index contributed by atoms with van der Waals surface area (Å²) in [4.78, 5) is 15.6. The Morgan fingerprint density at radius 1 is 1.06 bits per heavy atom. The summed E-state index contributed by atoms with van der Waals surface area (Å²) >= 11 is 7.06. The third kappa shape index (κ3) is 4.52. The summed E-state index contributed by atoms with van der Waals surface area (Å²) in [5.41, 5.74) is -0.882. The zero-order chi connectivity index (χ0) is 24.7. The largest absolute Gasteiger partial charge is 0.480 e. The lowest BCUT2D eigenvalue weighted by Gasteiger charge is -2.33. The maximum absolute atomic E-state index is 13.5. The van der Waals surface area contributed by atoms with Crippen molar-refractivity contribution < 1.29 is 23.1 Å². The monoisotopic (exact) mass is 532 g/mol. The van der Waals surface area contributed by atoms with Crippen LogP contribution in [-0.4, -0.2) is 62.8 Å². The highest BCUT2D eigenvalue weighted by Crippen LogP contribution is 2.59. The fourth-order valence-electron chi connectivity index (χ4n) is 4.91. The van der Waals surface area contributed by atoms with Gasteiger partial charge in [0.05, 0.1) is 13.2 Å². The Morgan fingerprint density at radius 3 is 2.40 bits per heavy atom. The summed E-state index contributed by atoms with van der Waals surface area (Å²) < 4.78 is 35.1. The second kappa shape index (κ2) is 9.31. The lowest BCUT2D eigenvalue weighted by molar-refractivity contribution is -0.141. The number of ether oxygens (including phenoxy) is 1. The molecule has 0 spiro atoms. The van der Waals surface area contributed by atoms with E-state index in [0.29, 0.717) is 37.9 Å². The second-order valence-electron chi connectivity index (χ2n) is 8.95. The third-order valence-corrected chi connectivity index (χ3v) is 10.2. The number of halogens is 1. The molecule has 10 heteroatoms. The lowest BCUT2D eigenvalue weighted by atomic mass is 9.89. The van der Waals surface area contributed by atoms with E-state index in [0.717, 1.165) is 27.3 Å². The number of benzene rings is 2. The van der Waals surface area contributed by atoms with Crippen LogP contribution in [-0.2, 0) is 25.0 Å². The number of rotatable bonds is 8. The van der Waals surface area contributed by atoms with Gasteiger partial charge in [0, 0.05) is 34.9 Å². The van der Waals surface area contributed by atoms with Crippen LogP contribution in [0.2, 0.25) is 5.02 Å².